The van der Waals surface area contributed by atoms with Gasteiger partial charge in [0, 0.05) is 12.7 Å². The molecule has 1 aromatic heterocycles. The van der Waals surface area contributed by atoms with E-state index in [0.29, 0.717) is 17.2 Å². The van der Waals surface area contributed by atoms with Gasteiger partial charge in [-0.3, -0.25) is 14.3 Å². The first-order valence-electron chi connectivity index (χ1n) is 7.03. The topological polar surface area (TPSA) is 146 Å². The summed E-state index contributed by atoms with van der Waals surface area (Å²) in [6.07, 6.45) is 3.55. The zero-order valence-electron chi connectivity index (χ0n) is 12.3. The van der Waals surface area contributed by atoms with Gasteiger partial charge in [0.15, 0.2) is 0 Å². The van der Waals surface area contributed by atoms with E-state index in [2.05, 4.69) is 9.27 Å². The van der Waals surface area contributed by atoms with Crippen molar-refractivity contribution in [1.82, 2.24) is 14.9 Å². The van der Waals surface area contributed by atoms with Crippen LogP contribution in [0.2, 0.25) is 0 Å². The molecule has 3 rings (SSSR count). The number of fused-ring (bicyclic) bond motifs is 2. The van der Waals surface area contributed by atoms with Gasteiger partial charge in [-0.2, -0.15) is 13.5 Å². The lowest BCUT2D eigenvalue weighted by Crippen LogP contribution is -2.53. The number of amides is 3. The zero-order chi connectivity index (χ0) is 17.5. The van der Waals surface area contributed by atoms with Gasteiger partial charge in [-0.15, -0.1) is 4.28 Å². The summed E-state index contributed by atoms with van der Waals surface area (Å²) in [5.41, 5.74) is 0.363. The first kappa shape index (κ1) is 16.6. The fraction of sp³-hybridized carbons (Fsp3) is 0.417. The Labute approximate surface area is 137 Å². The van der Waals surface area contributed by atoms with E-state index in [4.69, 9.17) is 10.4 Å². The van der Waals surface area contributed by atoms with Crippen molar-refractivity contribution in [2.24, 2.45) is 5.84 Å². The molecule has 2 aliphatic heterocycles. The molecule has 0 unspecified atom stereocenters. The van der Waals surface area contributed by atoms with Crippen molar-refractivity contribution >= 4 is 28.0 Å². The number of hydrogen-bond acceptors (Lipinski definition) is 7. The van der Waals surface area contributed by atoms with Gasteiger partial charge >= 0.3 is 16.4 Å². The van der Waals surface area contributed by atoms with Crippen molar-refractivity contribution in [2.45, 2.75) is 24.9 Å². The van der Waals surface area contributed by atoms with E-state index in [9.17, 15) is 18.0 Å². The largest absolute Gasteiger partial charge is 0.418 e. The van der Waals surface area contributed by atoms with Gasteiger partial charge in [0.1, 0.15) is 6.04 Å². The molecule has 2 saturated heterocycles. The normalized spacial score (nSPS) is 23.5. The minimum Gasteiger partial charge on any atom is -0.309 e. The van der Waals surface area contributed by atoms with Crippen LogP contribution >= 0.6 is 0 Å². The fourth-order valence-corrected chi connectivity index (χ4v) is 3.26. The molecular weight excluding hydrogens is 342 g/mol. The number of nitrogens with zero attached hydrogens (tertiary/aromatic N) is 4. The van der Waals surface area contributed by atoms with Crippen molar-refractivity contribution in [3.05, 3.63) is 24.5 Å². The molecule has 3 N–H and O–H groups in total. The second-order valence-corrected chi connectivity index (χ2v) is 6.43. The minimum absolute atomic E-state index is 0.103. The number of pyridine rings is 1. The summed E-state index contributed by atoms with van der Waals surface area (Å²) in [5.74, 6) is 5.28. The number of rotatable bonds is 4. The molecule has 0 radical (unpaired) electrons. The van der Waals surface area contributed by atoms with Gasteiger partial charge in [0.2, 0.25) is 0 Å². The first-order valence-corrected chi connectivity index (χ1v) is 8.40. The van der Waals surface area contributed by atoms with Gasteiger partial charge in [-0.25, -0.2) is 15.6 Å². The van der Waals surface area contributed by atoms with Gasteiger partial charge in [-0.1, -0.05) is 0 Å². The number of urea groups is 1. The van der Waals surface area contributed by atoms with Gasteiger partial charge in [-0.05, 0) is 25.0 Å². The molecule has 2 fully saturated rings. The molecule has 0 spiro atoms. The Morgan fingerprint density at radius 2 is 2.21 bits per heavy atom. The Kier molecular flexibility index (Phi) is 4.13. The van der Waals surface area contributed by atoms with E-state index in [-0.39, 0.29) is 13.0 Å². The van der Waals surface area contributed by atoms with Crippen LogP contribution in [0.5, 0.6) is 0 Å². The molecule has 1 aromatic rings. The number of aromatic nitrogens is 1. The van der Waals surface area contributed by atoms with Crippen molar-refractivity contribution < 1.29 is 26.8 Å². The molecule has 24 heavy (non-hydrogen) atoms. The van der Waals surface area contributed by atoms with E-state index >= 15 is 0 Å². The van der Waals surface area contributed by atoms with E-state index < -0.39 is 34.4 Å². The Bertz CT molecular complexity index is 756. The maximum absolute atomic E-state index is 12.6. The molecule has 12 heteroatoms. The second kappa shape index (κ2) is 5.98. The molecule has 0 saturated carbocycles. The fourth-order valence-electron chi connectivity index (χ4n) is 2.87. The van der Waals surface area contributed by atoms with Gasteiger partial charge in [0.05, 0.1) is 17.9 Å². The summed E-state index contributed by atoms with van der Waals surface area (Å²) in [6.45, 7) is 0.103. The highest BCUT2D eigenvalue weighted by atomic mass is 32.3. The van der Waals surface area contributed by atoms with Crippen LogP contribution in [0.3, 0.4) is 0 Å². The molecule has 3 amide bonds. The standard InChI is InChI=1S/C12H15N5O6S/c13-16(8-2-1-5-14-6-8)11(18)10-4-3-9-7-15(10)12(19)17(9)23-24(20,21)22/h1-2,5-6,9-10H,3-4,7,13H2,(H,20,21,22)/t9-,10+/m1/s1. The van der Waals surface area contributed by atoms with Gasteiger partial charge in [0.25, 0.3) is 5.91 Å². The van der Waals surface area contributed by atoms with Crippen LogP contribution < -0.4 is 10.9 Å². The number of anilines is 1. The second-order valence-electron chi connectivity index (χ2n) is 5.43. The Balaban J connectivity index is 1.77. The minimum atomic E-state index is -4.83. The number of nitrogens with two attached hydrogens (primary N) is 1. The summed E-state index contributed by atoms with van der Waals surface area (Å²) in [4.78, 5) is 29.9. The number of hydrazine groups is 1. The third-order valence-corrected chi connectivity index (χ3v) is 4.29. The molecule has 3 heterocycles. The lowest BCUT2D eigenvalue weighted by atomic mass is 10.00. The summed E-state index contributed by atoms with van der Waals surface area (Å²) >= 11 is 0. The summed E-state index contributed by atoms with van der Waals surface area (Å²) < 4.78 is 34.8. The monoisotopic (exact) mass is 357 g/mol. The first-order chi connectivity index (χ1) is 11.3. The average molecular weight is 357 g/mol. The highest BCUT2D eigenvalue weighted by Gasteiger charge is 2.50. The maximum Gasteiger partial charge on any atom is 0.418 e. The van der Waals surface area contributed by atoms with Crippen molar-refractivity contribution in [1.29, 1.82) is 0 Å². The van der Waals surface area contributed by atoms with E-state index in [1.54, 1.807) is 12.1 Å². The smallest absolute Gasteiger partial charge is 0.309 e. The van der Waals surface area contributed by atoms with Crippen molar-refractivity contribution in [2.75, 3.05) is 11.6 Å². The molecule has 130 valence electrons. The maximum atomic E-state index is 12.6. The van der Waals surface area contributed by atoms with Crippen LogP contribution in [0.4, 0.5) is 10.5 Å². The van der Waals surface area contributed by atoms with Crippen LogP contribution in [-0.2, 0) is 19.5 Å². The zero-order valence-corrected chi connectivity index (χ0v) is 13.2. The molecule has 2 atom stereocenters. The average Bonchev–Trinajstić information content (AvgIpc) is 2.78. The summed E-state index contributed by atoms with van der Waals surface area (Å²) in [7, 11) is -4.83. The Morgan fingerprint density at radius 1 is 1.46 bits per heavy atom. The SMILES string of the molecule is NN(C(=O)[C@@H]1CC[C@@H]2CN1C(=O)N2OS(=O)(=O)O)c1cccnc1. The van der Waals surface area contributed by atoms with E-state index in [0.717, 1.165) is 5.01 Å². The van der Waals surface area contributed by atoms with E-state index in [1.807, 2.05) is 0 Å². The van der Waals surface area contributed by atoms with Crippen molar-refractivity contribution in [3.8, 4) is 0 Å². The number of hydroxylamine groups is 2. The highest BCUT2D eigenvalue weighted by molar-refractivity contribution is 7.80. The quantitative estimate of drug-likeness (QED) is 0.311. The molecule has 0 aliphatic carbocycles. The van der Waals surface area contributed by atoms with Crippen LogP contribution in [-0.4, -0.2) is 58.5 Å². The van der Waals surface area contributed by atoms with Crippen LogP contribution in [0.25, 0.3) is 0 Å². The third kappa shape index (κ3) is 3.03. The van der Waals surface area contributed by atoms with Crippen molar-refractivity contribution in [3.63, 3.8) is 0 Å². The molecule has 2 aliphatic rings. The number of hydrogen-bond donors (Lipinski definition) is 2. The van der Waals surface area contributed by atoms with Gasteiger partial charge < -0.3 is 4.90 Å². The van der Waals surface area contributed by atoms with Crippen LogP contribution in [0.1, 0.15) is 12.8 Å². The predicted octanol–water partition coefficient (Wildman–Crippen LogP) is -0.709. The number of carbonyl (C=O) groups excluding carboxylic acids is 2. The van der Waals surface area contributed by atoms with Crippen LogP contribution in [0, 0.1) is 0 Å². The third-order valence-electron chi connectivity index (χ3n) is 3.94. The number of carbonyl (C=O) groups is 2. The highest BCUT2D eigenvalue weighted by Crippen LogP contribution is 2.31. The predicted molar refractivity (Wildman–Crippen MR) is 79.3 cm³/mol. The summed E-state index contributed by atoms with van der Waals surface area (Å²) in [6, 6.07) is 0.980. The molecular formula is C12H15N5O6S. The molecule has 0 aromatic carbocycles. The summed E-state index contributed by atoms with van der Waals surface area (Å²) in [5, 5.41) is 1.48. The number of piperidine rings is 1. The van der Waals surface area contributed by atoms with Crippen LogP contribution in [0.15, 0.2) is 24.5 Å². The Morgan fingerprint density at radius 3 is 2.83 bits per heavy atom. The lowest BCUT2D eigenvalue weighted by Gasteiger charge is -2.31. The lowest BCUT2D eigenvalue weighted by molar-refractivity contribution is -0.123. The Hall–Kier alpha value is -2.28. The molecule has 2 bridgehead atoms. The molecule has 11 nitrogen and oxygen atoms in total. The van der Waals surface area contributed by atoms with E-state index in [1.165, 1.54) is 17.3 Å².